The van der Waals surface area contributed by atoms with Gasteiger partial charge in [0.15, 0.2) is 5.78 Å². The Morgan fingerprint density at radius 1 is 1.23 bits per heavy atom. The minimum atomic E-state index is -1.28. The van der Waals surface area contributed by atoms with Crippen molar-refractivity contribution in [3.05, 3.63) is 70.4 Å². The molecule has 22 heavy (non-hydrogen) atoms. The maximum atomic E-state index is 12.0. The number of carboxylic acid groups (broad SMARTS) is 1. The van der Waals surface area contributed by atoms with E-state index in [1.807, 2.05) is 18.2 Å². The van der Waals surface area contributed by atoms with Gasteiger partial charge in [0.05, 0.1) is 15.7 Å². The van der Waals surface area contributed by atoms with Crippen LogP contribution in [-0.2, 0) is 0 Å². The Bertz CT molecular complexity index is 728. The van der Waals surface area contributed by atoms with Crippen LogP contribution in [-0.4, -0.2) is 18.4 Å². The highest BCUT2D eigenvalue weighted by molar-refractivity contribution is 7.16. The van der Waals surface area contributed by atoms with Crippen LogP contribution in [0, 0.1) is 0 Å². The van der Waals surface area contributed by atoms with Gasteiger partial charge in [-0.15, -0.1) is 11.3 Å². The molecule has 2 aromatic rings. The highest BCUT2D eigenvalue weighted by Crippen LogP contribution is 2.18. The molecule has 0 atom stereocenters. The average Bonchev–Trinajstić information content (AvgIpc) is 3.01. The fraction of sp³-hybridized carbons (Fsp3) is 0.0588. The van der Waals surface area contributed by atoms with E-state index in [9.17, 15) is 14.7 Å². The summed E-state index contributed by atoms with van der Waals surface area (Å²) in [5, 5.41) is 10.7. The Balaban J connectivity index is 2.08. The van der Waals surface area contributed by atoms with Crippen LogP contribution in [0.15, 0.2) is 55.1 Å². The Morgan fingerprint density at radius 3 is 2.68 bits per heavy atom. The molecule has 0 fully saturated rings. The van der Waals surface area contributed by atoms with Crippen LogP contribution in [0.2, 0.25) is 0 Å². The van der Waals surface area contributed by atoms with Gasteiger partial charge in [-0.05, 0) is 35.9 Å². The van der Waals surface area contributed by atoms with Crippen molar-refractivity contribution in [2.24, 2.45) is 0 Å². The van der Waals surface area contributed by atoms with Gasteiger partial charge in [-0.3, -0.25) is 4.79 Å². The largest absolute Gasteiger partial charge is 0.544 e. The Morgan fingerprint density at radius 2 is 2.00 bits per heavy atom. The van der Waals surface area contributed by atoms with Crippen molar-refractivity contribution in [1.29, 1.82) is 0 Å². The van der Waals surface area contributed by atoms with Crippen molar-refractivity contribution in [2.45, 2.75) is 0 Å². The van der Waals surface area contributed by atoms with Gasteiger partial charge in [-0.25, -0.2) is 0 Å². The third-order valence-electron chi connectivity index (χ3n) is 2.70. The molecule has 2 rings (SSSR count). The number of hydrogen-bond acceptors (Lipinski definition) is 5. The number of carboxylic acids is 1. The first kappa shape index (κ1) is 15.7. The summed E-state index contributed by atoms with van der Waals surface area (Å²) in [6.45, 7) is 3.99. The number of carbonyl (C=O) groups excluding carboxylic acids is 2. The van der Waals surface area contributed by atoms with Gasteiger partial charge in [-0.2, -0.15) is 0 Å². The molecule has 0 saturated carbocycles. The predicted octanol–water partition coefficient (Wildman–Crippen LogP) is 2.57. The minimum Gasteiger partial charge on any atom is -0.544 e. The standard InChI is InChI=1S/C17H14O4S/c1-2-10-21-13-5-3-4-12(11-13)6-7-14(18)15-8-9-16(22-15)17(19)20/h2-9,11H,1,10H2,(H,19,20)/p-1/b7-6+. The smallest absolute Gasteiger partial charge is 0.195 e. The monoisotopic (exact) mass is 313 g/mol. The van der Waals surface area contributed by atoms with E-state index in [-0.39, 0.29) is 10.7 Å². The van der Waals surface area contributed by atoms with E-state index in [1.165, 1.54) is 18.2 Å². The molecule has 112 valence electrons. The third kappa shape index (κ3) is 4.17. The van der Waals surface area contributed by atoms with Gasteiger partial charge in [0, 0.05) is 0 Å². The second kappa shape index (κ2) is 7.38. The van der Waals surface area contributed by atoms with Gasteiger partial charge >= 0.3 is 0 Å². The fourth-order valence-corrected chi connectivity index (χ4v) is 2.46. The summed E-state index contributed by atoms with van der Waals surface area (Å²) in [5.41, 5.74) is 0.812. The Hall–Kier alpha value is -2.66. The maximum absolute atomic E-state index is 12.0. The zero-order valence-electron chi connectivity index (χ0n) is 11.7. The number of hydrogen-bond donors (Lipinski definition) is 0. The number of benzene rings is 1. The van der Waals surface area contributed by atoms with Crippen molar-refractivity contribution in [3.63, 3.8) is 0 Å². The van der Waals surface area contributed by atoms with E-state index in [0.717, 1.165) is 16.9 Å². The summed E-state index contributed by atoms with van der Waals surface area (Å²) in [5.74, 6) is -0.847. The molecule has 0 aliphatic heterocycles. The van der Waals surface area contributed by atoms with Crippen LogP contribution >= 0.6 is 11.3 Å². The Kier molecular flexibility index (Phi) is 5.27. The van der Waals surface area contributed by atoms with Gasteiger partial charge in [0.2, 0.25) is 0 Å². The molecule has 0 N–H and O–H groups in total. The number of carbonyl (C=O) groups is 2. The molecule has 0 amide bonds. The van der Waals surface area contributed by atoms with Gasteiger partial charge in [0.25, 0.3) is 0 Å². The van der Waals surface area contributed by atoms with Crippen molar-refractivity contribution < 1.29 is 19.4 Å². The highest BCUT2D eigenvalue weighted by atomic mass is 32.1. The molecule has 0 saturated heterocycles. The molecule has 1 aromatic carbocycles. The van der Waals surface area contributed by atoms with Crippen LogP contribution < -0.4 is 9.84 Å². The lowest BCUT2D eigenvalue weighted by atomic mass is 10.2. The molecule has 0 unspecified atom stereocenters. The van der Waals surface area contributed by atoms with Crippen LogP contribution in [0.1, 0.15) is 24.9 Å². The summed E-state index contributed by atoms with van der Waals surface area (Å²) in [6, 6.07) is 10.1. The summed E-state index contributed by atoms with van der Waals surface area (Å²) < 4.78 is 5.41. The number of rotatable bonds is 7. The van der Waals surface area contributed by atoms with Gasteiger partial charge in [-0.1, -0.05) is 30.9 Å². The highest BCUT2D eigenvalue weighted by Gasteiger charge is 2.06. The van der Waals surface area contributed by atoms with Crippen LogP contribution in [0.4, 0.5) is 0 Å². The van der Waals surface area contributed by atoms with E-state index in [2.05, 4.69) is 6.58 Å². The average molecular weight is 313 g/mol. The molecule has 0 aliphatic rings. The maximum Gasteiger partial charge on any atom is 0.195 e. The summed E-state index contributed by atoms with van der Waals surface area (Å²) in [7, 11) is 0. The first-order valence-corrected chi connectivity index (χ1v) is 7.29. The van der Waals surface area contributed by atoms with Gasteiger partial charge in [0.1, 0.15) is 12.4 Å². The van der Waals surface area contributed by atoms with Crippen molar-refractivity contribution in [2.75, 3.05) is 6.61 Å². The number of thiophene rings is 1. The lowest BCUT2D eigenvalue weighted by Crippen LogP contribution is -2.20. The molecular weight excluding hydrogens is 300 g/mol. The Labute approximate surface area is 132 Å². The summed E-state index contributed by atoms with van der Waals surface area (Å²) >= 11 is 0.900. The normalized spacial score (nSPS) is 10.5. The van der Waals surface area contributed by atoms with E-state index in [4.69, 9.17) is 4.74 Å². The topological polar surface area (TPSA) is 66.4 Å². The number of aromatic carboxylic acids is 1. The summed E-state index contributed by atoms with van der Waals surface area (Å²) in [6.07, 6.45) is 4.71. The first-order chi connectivity index (χ1) is 10.6. The molecule has 0 radical (unpaired) electrons. The molecule has 4 nitrogen and oxygen atoms in total. The number of allylic oxidation sites excluding steroid dienone is 1. The minimum absolute atomic E-state index is 0.0385. The van der Waals surface area contributed by atoms with Crippen LogP contribution in [0.5, 0.6) is 5.75 Å². The van der Waals surface area contributed by atoms with Crippen LogP contribution in [0.25, 0.3) is 6.08 Å². The summed E-state index contributed by atoms with van der Waals surface area (Å²) in [4.78, 5) is 23.1. The van der Waals surface area contributed by atoms with E-state index in [0.29, 0.717) is 17.2 Å². The molecular formula is C17H13O4S-. The first-order valence-electron chi connectivity index (χ1n) is 6.47. The van der Waals surface area contributed by atoms with Crippen molar-refractivity contribution in [1.82, 2.24) is 0 Å². The lowest BCUT2D eigenvalue weighted by Gasteiger charge is -2.03. The SMILES string of the molecule is C=CCOc1cccc(/C=C/C(=O)c2ccc(C(=O)[O-])s2)c1. The van der Waals surface area contributed by atoms with E-state index >= 15 is 0 Å². The third-order valence-corrected chi connectivity index (χ3v) is 3.78. The predicted molar refractivity (Wildman–Crippen MR) is 84.1 cm³/mol. The number of ether oxygens (including phenoxy) is 1. The second-order valence-corrected chi connectivity index (χ2v) is 5.40. The lowest BCUT2D eigenvalue weighted by molar-refractivity contribution is -0.254. The molecule has 0 spiro atoms. The molecule has 1 aromatic heterocycles. The molecule has 0 bridgehead atoms. The second-order valence-electron chi connectivity index (χ2n) is 4.32. The molecule has 5 heteroatoms. The zero-order chi connectivity index (χ0) is 15.9. The van der Waals surface area contributed by atoms with E-state index < -0.39 is 5.97 Å². The van der Waals surface area contributed by atoms with Crippen LogP contribution in [0.3, 0.4) is 0 Å². The molecule has 1 heterocycles. The quantitative estimate of drug-likeness (QED) is 0.448. The molecule has 0 aliphatic carbocycles. The van der Waals surface area contributed by atoms with Gasteiger partial charge < -0.3 is 14.6 Å². The number of ketones is 1. The van der Waals surface area contributed by atoms with Crippen molar-refractivity contribution >= 4 is 29.2 Å². The zero-order valence-corrected chi connectivity index (χ0v) is 12.5. The van der Waals surface area contributed by atoms with Crippen molar-refractivity contribution in [3.8, 4) is 5.75 Å². The fourth-order valence-electron chi connectivity index (χ4n) is 1.70. The van der Waals surface area contributed by atoms with E-state index in [1.54, 1.807) is 18.2 Å².